The Kier molecular flexibility index (Phi) is 3.56. The Labute approximate surface area is 132 Å². The molecule has 0 spiro atoms. The third-order valence-corrected chi connectivity index (χ3v) is 4.29. The van der Waals surface area contributed by atoms with Crippen molar-refractivity contribution in [1.29, 1.82) is 0 Å². The van der Waals surface area contributed by atoms with Gasteiger partial charge in [-0.15, -0.1) is 0 Å². The molecule has 0 saturated carbocycles. The lowest BCUT2D eigenvalue weighted by Gasteiger charge is -2.09. The second-order valence-corrected chi connectivity index (χ2v) is 5.79. The van der Waals surface area contributed by atoms with Crippen molar-refractivity contribution >= 4 is 33.9 Å². The van der Waals surface area contributed by atoms with E-state index in [-0.39, 0.29) is 23.3 Å². The number of carboxylic acid groups (broad SMARTS) is 1. The molecule has 120 valence electrons. The minimum absolute atomic E-state index is 0.0902. The van der Waals surface area contributed by atoms with E-state index < -0.39 is 17.7 Å². The Hall–Kier alpha value is -2.48. The zero-order valence-electron chi connectivity index (χ0n) is 11.6. The van der Waals surface area contributed by atoms with Gasteiger partial charge in [0.1, 0.15) is 0 Å². The number of hydrogen-bond donors (Lipinski definition) is 2. The fourth-order valence-electron chi connectivity index (χ4n) is 2.52. The number of aromatic carboxylic acids is 1. The second-order valence-electron chi connectivity index (χ2n) is 5.01. The lowest BCUT2D eigenvalue weighted by molar-refractivity contribution is -0.137. The van der Waals surface area contributed by atoms with Crippen LogP contribution in [-0.4, -0.2) is 15.6 Å². The maximum absolute atomic E-state index is 12.9. The molecular formula is C15H11F3N2O2S. The first kappa shape index (κ1) is 15.4. The molecule has 0 bridgehead atoms. The number of carboxylic acids is 1. The number of nitrogens with zero attached hydrogens (tertiary/aromatic N) is 1. The van der Waals surface area contributed by atoms with E-state index in [4.69, 9.17) is 5.73 Å². The van der Waals surface area contributed by atoms with Crippen molar-refractivity contribution in [3.63, 3.8) is 0 Å². The molecule has 0 aliphatic rings. The molecule has 3 N–H and O–H groups in total. The maximum Gasteiger partial charge on any atom is 0.416 e. The lowest BCUT2D eigenvalue weighted by Crippen LogP contribution is -2.10. The van der Waals surface area contributed by atoms with E-state index in [1.54, 1.807) is 0 Å². The van der Waals surface area contributed by atoms with Gasteiger partial charge in [-0.3, -0.25) is 0 Å². The van der Waals surface area contributed by atoms with Crippen molar-refractivity contribution in [2.75, 3.05) is 5.73 Å². The van der Waals surface area contributed by atoms with Gasteiger partial charge in [0.25, 0.3) is 0 Å². The SMILES string of the molecule is Nc1c(C(=O)O)n(Cc2ccsc2)c2ccc(C(F)(F)F)cc12. The number of benzene rings is 1. The van der Waals surface area contributed by atoms with Gasteiger partial charge in [0.2, 0.25) is 0 Å². The van der Waals surface area contributed by atoms with Crippen LogP contribution in [0.2, 0.25) is 0 Å². The molecule has 1 aromatic carbocycles. The quantitative estimate of drug-likeness (QED) is 0.756. The van der Waals surface area contributed by atoms with E-state index in [0.29, 0.717) is 5.52 Å². The van der Waals surface area contributed by atoms with Gasteiger partial charge in [-0.2, -0.15) is 24.5 Å². The second kappa shape index (κ2) is 5.31. The predicted octanol–water partition coefficient (Wildman–Crippen LogP) is 4.05. The highest BCUT2D eigenvalue weighted by Gasteiger charge is 2.32. The summed E-state index contributed by atoms with van der Waals surface area (Å²) in [6.45, 7) is 0.226. The van der Waals surface area contributed by atoms with Crippen LogP contribution in [0, 0.1) is 0 Å². The summed E-state index contributed by atoms with van der Waals surface area (Å²) in [6.07, 6.45) is -4.51. The van der Waals surface area contributed by atoms with Crippen LogP contribution in [0.1, 0.15) is 21.6 Å². The van der Waals surface area contributed by atoms with E-state index in [1.165, 1.54) is 22.0 Å². The monoisotopic (exact) mass is 340 g/mol. The highest BCUT2D eigenvalue weighted by Crippen LogP contribution is 2.36. The number of alkyl halides is 3. The zero-order valence-corrected chi connectivity index (χ0v) is 12.4. The topological polar surface area (TPSA) is 68.2 Å². The minimum Gasteiger partial charge on any atom is -0.477 e. The molecule has 0 radical (unpaired) electrons. The predicted molar refractivity (Wildman–Crippen MR) is 81.7 cm³/mol. The summed E-state index contributed by atoms with van der Waals surface area (Å²) in [7, 11) is 0. The molecule has 0 atom stereocenters. The average Bonchev–Trinajstić information content (AvgIpc) is 3.06. The van der Waals surface area contributed by atoms with Crippen LogP contribution >= 0.6 is 11.3 Å². The fourth-order valence-corrected chi connectivity index (χ4v) is 3.18. The highest BCUT2D eigenvalue weighted by atomic mass is 32.1. The first-order valence-corrected chi connectivity index (χ1v) is 7.46. The summed E-state index contributed by atoms with van der Waals surface area (Å²) in [5.74, 6) is -1.28. The van der Waals surface area contributed by atoms with Gasteiger partial charge in [-0.05, 0) is 40.6 Å². The molecule has 4 nitrogen and oxygen atoms in total. The van der Waals surface area contributed by atoms with Crippen molar-refractivity contribution < 1.29 is 23.1 Å². The van der Waals surface area contributed by atoms with E-state index in [2.05, 4.69) is 0 Å². The Morgan fingerprint density at radius 3 is 2.61 bits per heavy atom. The van der Waals surface area contributed by atoms with Crippen LogP contribution in [0.5, 0.6) is 0 Å². The van der Waals surface area contributed by atoms with Crippen LogP contribution in [0.25, 0.3) is 10.9 Å². The molecular weight excluding hydrogens is 329 g/mol. The number of anilines is 1. The maximum atomic E-state index is 12.9. The summed E-state index contributed by atoms with van der Waals surface area (Å²) in [6, 6.07) is 4.90. The molecule has 2 aromatic heterocycles. The third kappa shape index (κ3) is 2.65. The summed E-state index contributed by atoms with van der Waals surface area (Å²) in [5, 5.41) is 13.2. The smallest absolute Gasteiger partial charge is 0.416 e. The highest BCUT2D eigenvalue weighted by molar-refractivity contribution is 7.07. The number of carbonyl (C=O) groups is 1. The van der Waals surface area contributed by atoms with Crippen LogP contribution in [-0.2, 0) is 12.7 Å². The molecule has 0 amide bonds. The van der Waals surface area contributed by atoms with Crippen LogP contribution in [0.3, 0.4) is 0 Å². The van der Waals surface area contributed by atoms with Gasteiger partial charge in [-0.1, -0.05) is 0 Å². The van der Waals surface area contributed by atoms with E-state index in [9.17, 15) is 23.1 Å². The Balaban J connectivity index is 2.25. The standard InChI is InChI=1S/C15H11F3N2O2S/c16-15(17,18)9-1-2-11-10(5-9)12(19)13(14(21)22)20(11)6-8-3-4-23-7-8/h1-5,7H,6,19H2,(H,21,22). The largest absolute Gasteiger partial charge is 0.477 e. The third-order valence-electron chi connectivity index (χ3n) is 3.55. The van der Waals surface area contributed by atoms with Crippen molar-refractivity contribution in [2.45, 2.75) is 12.7 Å². The van der Waals surface area contributed by atoms with Gasteiger partial charge in [0.05, 0.1) is 16.8 Å². The van der Waals surface area contributed by atoms with Crippen LogP contribution in [0.4, 0.5) is 18.9 Å². The molecule has 0 saturated heterocycles. The summed E-state index contributed by atoms with van der Waals surface area (Å²) < 4.78 is 40.0. The van der Waals surface area contributed by atoms with Crippen LogP contribution in [0.15, 0.2) is 35.0 Å². The Morgan fingerprint density at radius 1 is 1.30 bits per heavy atom. The van der Waals surface area contributed by atoms with Gasteiger partial charge in [0, 0.05) is 11.9 Å². The molecule has 0 fully saturated rings. The van der Waals surface area contributed by atoms with E-state index in [1.807, 2.05) is 16.8 Å². The minimum atomic E-state index is -4.51. The molecule has 3 rings (SSSR count). The normalized spacial score (nSPS) is 12.0. The number of hydrogen-bond acceptors (Lipinski definition) is 3. The number of fused-ring (bicyclic) bond motifs is 1. The number of nitrogen functional groups attached to an aromatic ring is 1. The summed E-state index contributed by atoms with van der Waals surface area (Å²) >= 11 is 1.45. The molecule has 3 aromatic rings. The summed E-state index contributed by atoms with van der Waals surface area (Å²) in [4.78, 5) is 11.5. The fraction of sp³-hybridized carbons (Fsp3) is 0.133. The molecule has 8 heteroatoms. The van der Waals surface area contributed by atoms with Gasteiger partial charge < -0.3 is 15.4 Å². The Bertz CT molecular complexity index is 882. The first-order valence-electron chi connectivity index (χ1n) is 6.52. The average molecular weight is 340 g/mol. The van der Waals surface area contributed by atoms with Gasteiger partial charge in [0.15, 0.2) is 5.69 Å². The van der Waals surface area contributed by atoms with Crippen LogP contribution < -0.4 is 5.73 Å². The number of aromatic nitrogens is 1. The molecule has 23 heavy (non-hydrogen) atoms. The van der Waals surface area contributed by atoms with E-state index in [0.717, 1.165) is 17.7 Å². The van der Waals surface area contributed by atoms with Gasteiger partial charge in [-0.25, -0.2) is 4.79 Å². The van der Waals surface area contributed by atoms with Gasteiger partial charge >= 0.3 is 12.1 Å². The van der Waals surface area contributed by atoms with Crippen molar-refractivity contribution in [2.24, 2.45) is 0 Å². The molecule has 0 aliphatic carbocycles. The summed E-state index contributed by atoms with van der Waals surface area (Å²) in [5.41, 5.74) is 5.81. The van der Waals surface area contributed by atoms with Crippen molar-refractivity contribution in [1.82, 2.24) is 4.57 Å². The van der Waals surface area contributed by atoms with E-state index >= 15 is 0 Å². The number of nitrogens with two attached hydrogens (primary N) is 1. The first-order chi connectivity index (χ1) is 10.8. The lowest BCUT2D eigenvalue weighted by atomic mass is 10.1. The number of thiophene rings is 1. The number of rotatable bonds is 3. The molecule has 0 unspecified atom stereocenters. The van der Waals surface area contributed by atoms with Crippen molar-refractivity contribution in [3.05, 3.63) is 51.8 Å². The Morgan fingerprint density at radius 2 is 2.04 bits per heavy atom. The van der Waals surface area contributed by atoms with Crippen molar-refractivity contribution in [3.8, 4) is 0 Å². The number of halogens is 3. The molecule has 2 heterocycles. The zero-order chi connectivity index (χ0) is 16.8. The molecule has 0 aliphatic heterocycles.